The van der Waals surface area contributed by atoms with Gasteiger partial charge in [-0.3, -0.25) is 4.79 Å². The summed E-state index contributed by atoms with van der Waals surface area (Å²) in [5, 5.41) is 0. The summed E-state index contributed by atoms with van der Waals surface area (Å²) in [6.07, 6.45) is 15.7. The highest BCUT2D eigenvalue weighted by Crippen LogP contribution is 2.17. The molecule has 0 N–H and O–H groups in total. The minimum atomic E-state index is -0.00469. The topological polar surface area (TPSA) is 38.8 Å². The van der Waals surface area contributed by atoms with Crippen molar-refractivity contribution in [3.63, 3.8) is 0 Å². The number of rotatable bonds is 15. The van der Waals surface area contributed by atoms with Gasteiger partial charge in [-0.2, -0.15) is 0 Å². The first-order valence-corrected chi connectivity index (χ1v) is 9.10. The van der Waals surface area contributed by atoms with Crippen LogP contribution in [0.4, 0.5) is 0 Å². The number of epoxide rings is 1. The van der Waals surface area contributed by atoms with Gasteiger partial charge in [-0.05, 0) is 19.3 Å². The molecule has 1 fully saturated rings. The monoisotopic (exact) mass is 298 g/mol. The van der Waals surface area contributed by atoms with E-state index in [1.807, 2.05) is 0 Å². The van der Waals surface area contributed by atoms with E-state index in [0.29, 0.717) is 19.1 Å². The number of carbonyl (C=O) groups excluding carboxylic acids is 1. The summed E-state index contributed by atoms with van der Waals surface area (Å²) in [5.41, 5.74) is 0. The van der Waals surface area contributed by atoms with Crippen LogP contribution in [-0.4, -0.2) is 25.3 Å². The highest BCUT2D eigenvalue weighted by atomic mass is 16.6. The van der Waals surface area contributed by atoms with Gasteiger partial charge in [0.15, 0.2) is 0 Å². The van der Waals surface area contributed by atoms with Gasteiger partial charge < -0.3 is 9.47 Å². The fourth-order valence-corrected chi connectivity index (χ4v) is 2.55. The molecule has 0 aromatic carbocycles. The molecule has 1 saturated heterocycles. The standard InChI is InChI=1S/C18H34O3/c1-2-3-4-5-6-7-11-14-18(19)20-15-12-9-8-10-13-17-16-21-17/h17H,2-16H2,1H3. The second-order valence-corrected chi connectivity index (χ2v) is 6.25. The average molecular weight is 298 g/mol. The largest absolute Gasteiger partial charge is 0.466 e. The van der Waals surface area contributed by atoms with Crippen molar-refractivity contribution in [3.05, 3.63) is 0 Å². The van der Waals surface area contributed by atoms with Gasteiger partial charge in [0.1, 0.15) is 0 Å². The molecular weight excluding hydrogens is 264 g/mol. The van der Waals surface area contributed by atoms with E-state index in [0.717, 1.165) is 25.9 Å². The van der Waals surface area contributed by atoms with Crippen LogP contribution >= 0.6 is 0 Å². The maximum absolute atomic E-state index is 11.5. The lowest BCUT2D eigenvalue weighted by Gasteiger charge is -2.05. The molecule has 0 radical (unpaired) electrons. The van der Waals surface area contributed by atoms with Crippen LogP contribution in [0.15, 0.2) is 0 Å². The smallest absolute Gasteiger partial charge is 0.305 e. The zero-order valence-electron chi connectivity index (χ0n) is 13.9. The van der Waals surface area contributed by atoms with E-state index in [4.69, 9.17) is 9.47 Å². The summed E-state index contributed by atoms with van der Waals surface area (Å²) >= 11 is 0. The van der Waals surface area contributed by atoms with E-state index >= 15 is 0 Å². The molecule has 0 amide bonds. The fraction of sp³-hybridized carbons (Fsp3) is 0.944. The molecular formula is C18H34O3. The van der Waals surface area contributed by atoms with Crippen molar-refractivity contribution < 1.29 is 14.3 Å². The normalized spacial score (nSPS) is 16.9. The molecule has 21 heavy (non-hydrogen) atoms. The van der Waals surface area contributed by atoms with Crippen molar-refractivity contribution in [1.29, 1.82) is 0 Å². The summed E-state index contributed by atoms with van der Waals surface area (Å²) in [6.45, 7) is 3.81. The van der Waals surface area contributed by atoms with E-state index in [1.54, 1.807) is 0 Å². The van der Waals surface area contributed by atoms with Gasteiger partial charge in [-0.25, -0.2) is 0 Å². The van der Waals surface area contributed by atoms with E-state index in [-0.39, 0.29) is 5.97 Å². The molecule has 1 unspecified atom stereocenters. The molecule has 124 valence electrons. The van der Waals surface area contributed by atoms with Gasteiger partial charge in [-0.15, -0.1) is 0 Å². The highest BCUT2D eigenvalue weighted by Gasteiger charge is 2.20. The first-order valence-electron chi connectivity index (χ1n) is 9.10. The van der Waals surface area contributed by atoms with Gasteiger partial charge in [0.2, 0.25) is 0 Å². The van der Waals surface area contributed by atoms with E-state index in [1.165, 1.54) is 57.8 Å². The molecule has 3 heteroatoms. The minimum absolute atomic E-state index is 0.00469. The van der Waals surface area contributed by atoms with Crippen LogP contribution in [0, 0.1) is 0 Å². The molecule has 0 saturated carbocycles. The van der Waals surface area contributed by atoms with E-state index < -0.39 is 0 Å². The molecule has 0 aliphatic carbocycles. The Morgan fingerprint density at radius 1 is 0.952 bits per heavy atom. The number of hydrogen-bond acceptors (Lipinski definition) is 3. The molecule has 1 heterocycles. The Labute approximate surface area is 130 Å². The van der Waals surface area contributed by atoms with Crippen molar-refractivity contribution in [3.8, 4) is 0 Å². The molecule has 0 bridgehead atoms. The van der Waals surface area contributed by atoms with E-state index in [9.17, 15) is 4.79 Å². The van der Waals surface area contributed by atoms with Crippen molar-refractivity contribution in [2.75, 3.05) is 13.2 Å². The van der Waals surface area contributed by atoms with Gasteiger partial charge in [-0.1, -0.05) is 64.7 Å². The predicted molar refractivity (Wildman–Crippen MR) is 86.4 cm³/mol. The summed E-state index contributed by atoms with van der Waals surface area (Å²) in [5.74, 6) is -0.00469. The lowest BCUT2D eigenvalue weighted by atomic mass is 10.1. The molecule has 0 aromatic heterocycles. The Morgan fingerprint density at radius 3 is 2.29 bits per heavy atom. The molecule has 1 atom stereocenters. The zero-order chi connectivity index (χ0) is 15.2. The molecule has 0 spiro atoms. The second-order valence-electron chi connectivity index (χ2n) is 6.25. The molecule has 1 rings (SSSR count). The molecule has 1 aliphatic rings. The van der Waals surface area contributed by atoms with Crippen molar-refractivity contribution in [2.45, 2.75) is 96.5 Å². The third-order valence-electron chi connectivity index (χ3n) is 4.07. The first kappa shape index (κ1) is 18.5. The lowest BCUT2D eigenvalue weighted by molar-refractivity contribution is -0.143. The zero-order valence-corrected chi connectivity index (χ0v) is 13.9. The maximum atomic E-state index is 11.5. The molecule has 3 nitrogen and oxygen atoms in total. The Hall–Kier alpha value is -0.570. The molecule has 1 aliphatic heterocycles. The number of esters is 1. The maximum Gasteiger partial charge on any atom is 0.305 e. The number of ether oxygens (including phenoxy) is 2. The predicted octanol–water partition coefficient (Wildman–Crippen LogP) is 5.02. The number of carbonyl (C=O) groups is 1. The Morgan fingerprint density at radius 2 is 1.57 bits per heavy atom. The van der Waals surface area contributed by atoms with Crippen LogP contribution in [0.2, 0.25) is 0 Å². The van der Waals surface area contributed by atoms with Crippen molar-refractivity contribution in [2.24, 2.45) is 0 Å². The van der Waals surface area contributed by atoms with Gasteiger partial charge in [0.05, 0.1) is 19.3 Å². The van der Waals surface area contributed by atoms with Crippen LogP contribution in [0.5, 0.6) is 0 Å². The second kappa shape index (κ2) is 13.1. The van der Waals surface area contributed by atoms with Gasteiger partial charge >= 0.3 is 5.97 Å². The van der Waals surface area contributed by atoms with Crippen LogP contribution in [0.1, 0.15) is 90.4 Å². The van der Waals surface area contributed by atoms with Crippen molar-refractivity contribution in [1.82, 2.24) is 0 Å². The molecule has 0 aromatic rings. The average Bonchev–Trinajstić information content (AvgIpc) is 3.29. The van der Waals surface area contributed by atoms with Crippen LogP contribution in [-0.2, 0) is 14.3 Å². The summed E-state index contributed by atoms with van der Waals surface area (Å²) in [4.78, 5) is 11.5. The van der Waals surface area contributed by atoms with Crippen LogP contribution in [0.3, 0.4) is 0 Å². The minimum Gasteiger partial charge on any atom is -0.466 e. The van der Waals surface area contributed by atoms with Crippen LogP contribution in [0.25, 0.3) is 0 Å². The Bertz CT molecular complexity index is 249. The summed E-state index contributed by atoms with van der Waals surface area (Å²) < 4.78 is 10.4. The summed E-state index contributed by atoms with van der Waals surface area (Å²) in [7, 11) is 0. The lowest BCUT2D eigenvalue weighted by Crippen LogP contribution is -2.05. The third kappa shape index (κ3) is 12.9. The van der Waals surface area contributed by atoms with Crippen LogP contribution < -0.4 is 0 Å². The summed E-state index contributed by atoms with van der Waals surface area (Å²) in [6, 6.07) is 0. The van der Waals surface area contributed by atoms with Gasteiger partial charge in [0.25, 0.3) is 0 Å². The number of unbranched alkanes of at least 4 members (excludes halogenated alkanes) is 9. The quantitative estimate of drug-likeness (QED) is 0.242. The van der Waals surface area contributed by atoms with Gasteiger partial charge in [0, 0.05) is 6.42 Å². The SMILES string of the molecule is CCCCCCCCCC(=O)OCCCCCCC1CO1. The number of hydrogen-bond donors (Lipinski definition) is 0. The van der Waals surface area contributed by atoms with E-state index in [2.05, 4.69) is 6.92 Å². The Balaban J connectivity index is 1.72. The van der Waals surface area contributed by atoms with Crippen molar-refractivity contribution >= 4 is 5.97 Å². The third-order valence-corrected chi connectivity index (χ3v) is 4.07. The highest BCUT2D eigenvalue weighted by molar-refractivity contribution is 5.69. The Kier molecular flexibility index (Phi) is 11.5. The first-order chi connectivity index (χ1) is 10.3. The fourth-order valence-electron chi connectivity index (χ4n) is 2.55.